The molecule has 1 unspecified atom stereocenters. The number of benzene rings is 3. The normalized spacial score (nSPS) is 16.5. The maximum atomic E-state index is 14.3. The number of carbonyl (C=O) groups is 1. The number of ketones is 1. The van der Waals surface area contributed by atoms with E-state index in [-0.39, 0.29) is 19.0 Å². The van der Waals surface area contributed by atoms with Gasteiger partial charge < -0.3 is 38.6 Å². The molecule has 4 rings (SSSR count). The second-order valence-corrected chi connectivity index (χ2v) is 8.38. The zero-order valence-electron chi connectivity index (χ0n) is 21.4. The molecule has 0 saturated heterocycles. The molecule has 37 heavy (non-hydrogen) atoms. The lowest BCUT2D eigenvalue weighted by Gasteiger charge is -2.34. The van der Waals surface area contributed by atoms with Crippen molar-refractivity contribution < 1.29 is 43.4 Å². The first-order chi connectivity index (χ1) is 17.9. The molecule has 0 amide bonds. The highest BCUT2D eigenvalue weighted by Crippen LogP contribution is 2.51. The molecule has 0 bridgehead atoms. The molecule has 2 atom stereocenters. The Labute approximate surface area is 215 Å². The Morgan fingerprint density at radius 3 is 2.00 bits per heavy atom. The highest BCUT2D eigenvalue weighted by molar-refractivity contribution is 5.97. The maximum absolute atomic E-state index is 14.3. The molecular formula is C28H30O9. The first kappa shape index (κ1) is 26.1. The van der Waals surface area contributed by atoms with Crippen LogP contribution in [0.4, 0.5) is 0 Å². The van der Waals surface area contributed by atoms with Crippen molar-refractivity contribution in [1.29, 1.82) is 0 Å². The van der Waals surface area contributed by atoms with Crippen LogP contribution in [0.25, 0.3) is 0 Å². The summed E-state index contributed by atoms with van der Waals surface area (Å²) in [5, 5.41) is 20.1. The minimum Gasteiger partial charge on any atom is -0.497 e. The van der Waals surface area contributed by atoms with E-state index in [1.807, 2.05) is 0 Å². The Hall–Kier alpha value is -3.95. The van der Waals surface area contributed by atoms with Gasteiger partial charge in [0.05, 0.1) is 60.2 Å². The fraction of sp³-hybridized carbons (Fsp3) is 0.321. The number of fused-ring (bicyclic) bond motifs is 1. The lowest BCUT2D eigenvalue weighted by atomic mass is 9.78. The van der Waals surface area contributed by atoms with Gasteiger partial charge >= 0.3 is 0 Å². The summed E-state index contributed by atoms with van der Waals surface area (Å²) in [6.07, 6.45) is -1.03. The second kappa shape index (κ2) is 11.0. The molecule has 3 aromatic rings. The summed E-state index contributed by atoms with van der Waals surface area (Å²) in [4.78, 5) is 14.3. The van der Waals surface area contributed by atoms with Crippen LogP contribution >= 0.6 is 0 Å². The fourth-order valence-corrected chi connectivity index (χ4v) is 4.71. The van der Waals surface area contributed by atoms with Crippen LogP contribution in [-0.2, 0) is 18.0 Å². The molecule has 0 saturated carbocycles. The van der Waals surface area contributed by atoms with Crippen molar-refractivity contribution in [3.63, 3.8) is 0 Å². The molecule has 0 radical (unpaired) electrons. The summed E-state index contributed by atoms with van der Waals surface area (Å²) in [5.41, 5.74) is 2.51. The predicted octanol–water partition coefficient (Wildman–Crippen LogP) is 3.55. The third kappa shape index (κ3) is 4.63. The van der Waals surface area contributed by atoms with Crippen molar-refractivity contribution in [3.05, 3.63) is 70.3 Å². The number of hydrogen-bond acceptors (Lipinski definition) is 9. The lowest BCUT2D eigenvalue weighted by molar-refractivity contribution is -0.128. The van der Waals surface area contributed by atoms with Crippen LogP contribution in [0.1, 0.15) is 39.8 Å². The van der Waals surface area contributed by atoms with E-state index in [0.717, 1.165) is 0 Å². The summed E-state index contributed by atoms with van der Waals surface area (Å²) < 4.78 is 33.7. The Bertz CT molecular complexity index is 1280. The van der Waals surface area contributed by atoms with Crippen LogP contribution < -0.4 is 28.4 Å². The van der Waals surface area contributed by atoms with Crippen LogP contribution in [0.15, 0.2) is 42.5 Å². The first-order valence-electron chi connectivity index (χ1n) is 11.5. The molecule has 196 valence electrons. The smallest absolute Gasteiger partial charge is 0.190 e. The number of hydrogen-bond donors (Lipinski definition) is 2. The zero-order valence-corrected chi connectivity index (χ0v) is 21.4. The summed E-state index contributed by atoms with van der Waals surface area (Å²) in [6.45, 7) is -0.610. The second-order valence-electron chi connectivity index (χ2n) is 8.38. The number of aliphatic hydroxyl groups excluding tert-OH is 2. The largest absolute Gasteiger partial charge is 0.497 e. The van der Waals surface area contributed by atoms with Gasteiger partial charge in [-0.25, -0.2) is 0 Å². The molecule has 0 aliphatic carbocycles. The number of rotatable bonds is 9. The summed E-state index contributed by atoms with van der Waals surface area (Å²) in [6, 6.07) is 11.8. The quantitative estimate of drug-likeness (QED) is 0.446. The molecular weight excluding hydrogens is 480 g/mol. The molecule has 3 aromatic carbocycles. The third-order valence-electron chi connectivity index (χ3n) is 6.47. The van der Waals surface area contributed by atoms with E-state index < -0.39 is 12.0 Å². The minimum absolute atomic E-state index is 0.250. The first-order valence-corrected chi connectivity index (χ1v) is 11.5. The predicted molar refractivity (Wildman–Crippen MR) is 134 cm³/mol. The van der Waals surface area contributed by atoms with Gasteiger partial charge in [-0.3, -0.25) is 4.79 Å². The van der Waals surface area contributed by atoms with Crippen molar-refractivity contribution in [2.75, 3.05) is 35.5 Å². The Kier molecular flexibility index (Phi) is 7.75. The van der Waals surface area contributed by atoms with E-state index >= 15 is 0 Å². The molecule has 9 nitrogen and oxygen atoms in total. The molecule has 1 heterocycles. The molecule has 0 aromatic heterocycles. The summed E-state index contributed by atoms with van der Waals surface area (Å²) in [7, 11) is 7.52. The number of methoxy groups -OCH3 is 5. The van der Waals surface area contributed by atoms with Gasteiger partial charge in [-0.15, -0.1) is 0 Å². The van der Waals surface area contributed by atoms with E-state index in [1.165, 1.54) is 35.5 Å². The van der Waals surface area contributed by atoms with Crippen molar-refractivity contribution in [2.45, 2.75) is 25.2 Å². The minimum atomic E-state index is -1.03. The van der Waals surface area contributed by atoms with Crippen LogP contribution in [0.3, 0.4) is 0 Å². The molecule has 2 N–H and O–H groups in total. The van der Waals surface area contributed by atoms with Crippen molar-refractivity contribution in [3.8, 4) is 34.5 Å². The molecule has 0 fully saturated rings. The highest BCUT2D eigenvalue weighted by atomic mass is 16.5. The van der Waals surface area contributed by atoms with E-state index in [0.29, 0.717) is 62.3 Å². The monoisotopic (exact) mass is 510 g/mol. The fourth-order valence-electron chi connectivity index (χ4n) is 4.71. The van der Waals surface area contributed by atoms with Gasteiger partial charge in [-0.05, 0) is 41.5 Å². The van der Waals surface area contributed by atoms with Crippen LogP contribution in [0.2, 0.25) is 0 Å². The SMILES string of the molecule is COc1cc(CO)c(C2C(=O)[C@@H](c3ccc(OC)c(OC)c3)Oc3cc(CO)cc(OC)c32)c(OC)c1. The van der Waals surface area contributed by atoms with Crippen molar-refractivity contribution in [1.82, 2.24) is 0 Å². The number of carbonyl (C=O) groups excluding carboxylic acids is 1. The molecule has 1 aliphatic heterocycles. The van der Waals surface area contributed by atoms with Gasteiger partial charge in [0.25, 0.3) is 0 Å². The maximum Gasteiger partial charge on any atom is 0.190 e. The Morgan fingerprint density at radius 2 is 1.41 bits per heavy atom. The van der Waals surface area contributed by atoms with Crippen molar-refractivity contribution in [2.24, 2.45) is 0 Å². The van der Waals surface area contributed by atoms with Gasteiger partial charge in [0, 0.05) is 17.2 Å². The van der Waals surface area contributed by atoms with Crippen LogP contribution in [-0.4, -0.2) is 51.5 Å². The van der Waals surface area contributed by atoms with E-state index in [4.69, 9.17) is 28.4 Å². The van der Waals surface area contributed by atoms with Crippen LogP contribution in [0.5, 0.6) is 34.5 Å². The Balaban J connectivity index is 2.00. The topological polar surface area (TPSA) is 113 Å². The third-order valence-corrected chi connectivity index (χ3v) is 6.47. The van der Waals surface area contributed by atoms with Crippen LogP contribution in [0, 0.1) is 0 Å². The van der Waals surface area contributed by atoms with E-state index in [1.54, 1.807) is 42.5 Å². The average molecular weight is 511 g/mol. The summed E-state index contributed by atoms with van der Waals surface area (Å²) in [5.74, 6) is 1.31. The summed E-state index contributed by atoms with van der Waals surface area (Å²) >= 11 is 0. The number of Topliss-reactive ketones (excluding diaryl/α,β-unsaturated/α-hetero) is 1. The average Bonchev–Trinajstić information content (AvgIpc) is 2.95. The van der Waals surface area contributed by atoms with Gasteiger partial charge in [-0.1, -0.05) is 6.07 Å². The van der Waals surface area contributed by atoms with Crippen molar-refractivity contribution >= 4 is 5.78 Å². The number of ether oxygens (including phenoxy) is 6. The number of aliphatic hydroxyl groups is 2. The highest BCUT2D eigenvalue weighted by Gasteiger charge is 2.43. The zero-order chi connectivity index (χ0) is 26.7. The van der Waals surface area contributed by atoms with Gasteiger partial charge in [-0.2, -0.15) is 0 Å². The molecule has 1 aliphatic rings. The Morgan fingerprint density at radius 1 is 0.730 bits per heavy atom. The molecule has 9 heteroatoms. The van der Waals surface area contributed by atoms with Gasteiger partial charge in [0.1, 0.15) is 23.0 Å². The van der Waals surface area contributed by atoms with E-state index in [9.17, 15) is 15.0 Å². The van der Waals surface area contributed by atoms with Gasteiger partial charge in [0.2, 0.25) is 0 Å². The van der Waals surface area contributed by atoms with E-state index in [2.05, 4.69) is 0 Å². The molecule has 0 spiro atoms. The van der Waals surface area contributed by atoms with Gasteiger partial charge in [0.15, 0.2) is 23.4 Å². The lowest BCUT2D eigenvalue weighted by Crippen LogP contribution is -2.32. The standard InChI is InChI=1S/C28H30O9/c1-32-18-10-17(14-30)24(22(12-18)36-5)26-25-21(35-4)8-15(13-29)9-23(25)37-28(27(26)31)16-6-7-19(33-2)20(11-16)34-3/h6-12,26,28-30H,13-14H2,1-5H3/t26?,28-/m1/s1.